The van der Waals surface area contributed by atoms with Crippen molar-refractivity contribution >= 4 is 5.91 Å². The van der Waals surface area contributed by atoms with Crippen molar-refractivity contribution < 1.29 is 9.21 Å². The highest BCUT2D eigenvalue weighted by atomic mass is 16.4. The van der Waals surface area contributed by atoms with Crippen LogP contribution in [0.1, 0.15) is 59.3 Å². The molecule has 0 atom stereocenters. The van der Waals surface area contributed by atoms with Crippen molar-refractivity contribution in [1.29, 1.82) is 0 Å². The van der Waals surface area contributed by atoms with Gasteiger partial charge in [-0.3, -0.25) is 9.69 Å². The van der Waals surface area contributed by atoms with Crippen molar-refractivity contribution in [3.05, 3.63) is 47.2 Å². The van der Waals surface area contributed by atoms with E-state index in [1.807, 2.05) is 31.2 Å². The summed E-state index contributed by atoms with van der Waals surface area (Å²) in [5, 5.41) is 11.5. The molecule has 2 aromatic rings. The highest BCUT2D eigenvalue weighted by molar-refractivity contribution is 5.95. The van der Waals surface area contributed by atoms with Gasteiger partial charge in [0.25, 0.3) is 5.91 Å². The van der Waals surface area contributed by atoms with Crippen LogP contribution in [0.5, 0.6) is 0 Å². The lowest BCUT2D eigenvalue weighted by Gasteiger charge is -2.31. The van der Waals surface area contributed by atoms with Crippen LogP contribution >= 0.6 is 0 Å². The molecule has 1 amide bonds. The Hall–Kier alpha value is -2.21. The molecular weight excluding hydrogens is 316 g/mol. The third-order valence-corrected chi connectivity index (χ3v) is 5.08. The second kappa shape index (κ2) is 6.96. The van der Waals surface area contributed by atoms with Crippen LogP contribution in [0.25, 0.3) is 0 Å². The van der Waals surface area contributed by atoms with Gasteiger partial charge in [0.05, 0.1) is 6.54 Å². The molecule has 1 N–H and O–H groups in total. The Kier molecular flexibility index (Phi) is 4.53. The van der Waals surface area contributed by atoms with Crippen LogP contribution in [0, 0.1) is 6.92 Å². The average molecular weight is 340 g/mol. The SMILES string of the molecule is Cc1ccccc1C(=O)NC1CCN(Cc2nnc(C3CC3)o2)CC1. The van der Waals surface area contributed by atoms with Crippen molar-refractivity contribution in [2.24, 2.45) is 0 Å². The summed E-state index contributed by atoms with van der Waals surface area (Å²) in [6.07, 6.45) is 4.24. The van der Waals surface area contributed by atoms with E-state index in [1.54, 1.807) is 0 Å². The number of piperidine rings is 1. The predicted octanol–water partition coefficient (Wildman–Crippen LogP) is 2.65. The number of aromatic nitrogens is 2. The molecule has 0 radical (unpaired) electrons. The number of nitrogens with zero attached hydrogens (tertiary/aromatic N) is 3. The van der Waals surface area contributed by atoms with Crippen LogP contribution in [-0.2, 0) is 6.54 Å². The van der Waals surface area contributed by atoms with Gasteiger partial charge in [0.15, 0.2) is 0 Å². The summed E-state index contributed by atoms with van der Waals surface area (Å²) in [5.41, 5.74) is 1.78. The topological polar surface area (TPSA) is 71.3 Å². The zero-order valence-electron chi connectivity index (χ0n) is 14.6. The van der Waals surface area contributed by atoms with E-state index in [9.17, 15) is 4.79 Å². The van der Waals surface area contributed by atoms with Crippen molar-refractivity contribution in [2.45, 2.75) is 51.1 Å². The van der Waals surface area contributed by atoms with E-state index in [0.29, 0.717) is 18.4 Å². The lowest BCUT2D eigenvalue weighted by Crippen LogP contribution is -2.44. The van der Waals surface area contributed by atoms with Gasteiger partial charge in [0.1, 0.15) is 0 Å². The van der Waals surface area contributed by atoms with Gasteiger partial charge in [-0.25, -0.2) is 0 Å². The van der Waals surface area contributed by atoms with Crippen LogP contribution in [0.15, 0.2) is 28.7 Å². The molecule has 1 aliphatic carbocycles. The van der Waals surface area contributed by atoms with Gasteiger partial charge in [-0.15, -0.1) is 10.2 Å². The van der Waals surface area contributed by atoms with Crippen molar-refractivity contribution in [3.8, 4) is 0 Å². The maximum absolute atomic E-state index is 12.4. The van der Waals surface area contributed by atoms with Crippen molar-refractivity contribution in [1.82, 2.24) is 20.4 Å². The third kappa shape index (κ3) is 3.90. The van der Waals surface area contributed by atoms with Gasteiger partial charge in [-0.1, -0.05) is 18.2 Å². The van der Waals surface area contributed by atoms with E-state index in [-0.39, 0.29) is 11.9 Å². The normalized spacial score (nSPS) is 19.1. The van der Waals surface area contributed by atoms with Crippen LogP contribution in [0.3, 0.4) is 0 Å². The number of hydrogen-bond acceptors (Lipinski definition) is 5. The molecule has 0 unspecified atom stereocenters. The fraction of sp³-hybridized carbons (Fsp3) is 0.526. The molecule has 6 heteroatoms. The first-order valence-electron chi connectivity index (χ1n) is 9.10. The zero-order chi connectivity index (χ0) is 17.2. The summed E-state index contributed by atoms with van der Waals surface area (Å²) in [6, 6.07) is 7.94. The number of carbonyl (C=O) groups excluding carboxylic acids is 1. The van der Waals surface area contributed by atoms with Gasteiger partial charge in [-0.2, -0.15) is 0 Å². The fourth-order valence-electron chi connectivity index (χ4n) is 3.34. The predicted molar refractivity (Wildman–Crippen MR) is 93.2 cm³/mol. The minimum atomic E-state index is 0.0301. The number of amides is 1. The van der Waals surface area contributed by atoms with E-state index in [1.165, 1.54) is 12.8 Å². The minimum absolute atomic E-state index is 0.0301. The number of hydrogen-bond donors (Lipinski definition) is 1. The summed E-state index contributed by atoms with van der Waals surface area (Å²) < 4.78 is 5.74. The average Bonchev–Trinajstić information content (AvgIpc) is 3.37. The quantitative estimate of drug-likeness (QED) is 0.906. The molecule has 2 fully saturated rings. The molecule has 1 aromatic heterocycles. The van der Waals surface area contributed by atoms with E-state index in [0.717, 1.165) is 42.9 Å². The Morgan fingerprint density at radius 3 is 2.68 bits per heavy atom. The maximum atomic E-state index is 12.4. The molecule has 25 heavy (non-hydrogen) atoms. The Balaban J connectivity index is 1.26. The Morgan fingerprint density at radius 2 is 1.96 bits per heavy atom. The molecule has 0 bridgehead atoms. The lowest BCUT2D eigenvalue weighted by molar-refractivity contribution is 0.0904. The number of aryl methyl sites for hydroxylation is 1. The number of nitrogens with one attached hydrogen (secondary N) is 1. The van der Waals surface area contributed by atoms with Gasteiger partial charge in [-0.05, 0) is 44.2 Å². The summed E-state index contributed by atoms with van der Waals surface area (Å²) in [7, 11) is 0. The van der Waals surface area contributed by atoms with Gasteiger partial charge in [0.2, 0.25) is 11.8 Å². The highest BCUT2D eigenvalue weighted by Gasteiger charge is 2.30. The van der Waals surface area contributed by atoms with Crippen molar-refractivity contribution in [3.63, 3.8) is 0 Å². The summed E-state index contributed by atoms with van der Waals surface area (Å²) in [5.74, 6) is 2.05. The van der Waals surface area contributed by atoms with E-state index in [4.69, 9.17) is 4.42 Å². The van der Waals surface area contributed by atoms with Crippen LogP contribution in [0.2, 0.25) is 0 Å². The second-order valence-corrected chi connectivity index (χ2v) is 7.15. The molecule has 0 spiro atoms. The van der Waals surface area contributed by atoms with Gasteiger partial charge in [0, 0.05) is 30.6 Å². The molecule has 132 valence electrons. The third-order valence-electron chi connectivity index (χ3n) is 5.08. The smallest absolute Gasteiger partial charge is 0.251 e. The molecule has 1 aliphatic heterocycles. The molecule has 4 rings (SSSR count). The van der Waals surface area contributed by atoms with E-state index in [2.05, 4.69) is 20.4 Å². The van der Waals surface area contributed by atoms with E-state index < -0.39 is 0 Å². The number of rotatable bonds is 5. The fourth-order valence-corrected chi connectivity index (χ4v) is 3.34. The van der Waals surface area contributed by atoms with Crippen LogP contribution in [0.4, 0.5) is 0 Å². The number of carbonyl (C=O) groups is 1. The Labute approximate surface area is 147 Å². The Bertz CT molecular complexity index is 745. The summed E-state index contributed by atoms with van der Waals surface area (Å²) in [4.78, 5) is 14.7. The monoisotopic (exact) mass is 340 g/mol. The first kappa shape index (κ1) is 16.3. The molecule has 2 aliphatic rings. The first-order chi connectivity index (χ1) is 12.2. The van der Waals surface area contributed by atoms with Crippen LogP contribution in [-0.4, -0.2) is 40.1 Å². The Morgan fingerprint density at radius 1 is 1.20 bits per heavy atom. The molecule has 1 aromatic carbocycles. The second-order valence-electron chi connectivity index (χ2n) is 7.15. The lowest BCUT2D eigenvalue weighted by atomic mass is 10.0. The molecule has 6 nitrogen and oxygen atoms in total. The summed E-state index contributed by atoms with van der Waals surface area (Å²) in [6.45, 7) is 4.54. The number of benzene rings is 1. The molecule has 2 heterocycles. The van der Waals surface area contributed by atoms with Crippen LogP contribution < -0.4 is 5.32 Å². The largest absolute Gasteiger partial charge is 0.424 e. The van der Waals surface area contributed by atoms with Gasteiger partial charge < -0.3 is 9.73 Å². The molecule has 1 saturated carbocycles. The minimum Gasteiger partial charge on any atom is -0.424 e. The van der Waals surface area contributed by atoms with E-state index >= 15 is 0 Å². The standard InChI is InChI=1S/C19H24N4O2/c1-13-4-2-3-5-16(13)18(24)20-15-8-10-23(11-9-15)12-17-21-22-19(25-17)14-6-7-14/h2-5,14-15H,6-12H2,1H3,(H,20,24). The number of likely N-dealkylation sites (tertiary alicyclic amines) is 1. The summed E-state index contributed by atoms with van der Waals surface area (Å²) >= 11 is 0. The molecule has 1 saturated heterocycles. The molecular formula is C19H24N4O2. The van der Waals surface area contributed by atoms with Gasteiger partial charge >= 0.3 is 0 Å². The first-order valence-corrected chi connectivity index (χ1v) is 9.10. The maximum Gasteiger partial charge on any atom is 0.251 e. The zero-order valence-corrected chi connectivity index (χ0v) is 14.6. The van der Waals surface area contributed by atoms with Crippen molar-refractivity contribution in [2.75, 3.05) is 13.1 Å². The highest BCUT2D eigenvalue weighted by Crippen LogP contribution is 2.39.